The van der Waals surface area contributed by atoms with E-state index in [4.69, 9.17) is 14.2 Å². The topological polar surface area (TPSA) is 89.8 Å². The number of hydrogen-bond donors (Lipinski definition) is 0. The molecule has 0 spiro atoms. The maximum Gasteiger partial charge on any atom is 0.133 e. The van der Waals surface area contributed by atoms with E-state index in [0.717, 1.165) is 64.9 Å². The van der Waals surface area contributed by atoms with Gasteiger partial charge in [0.15, 0.2) is 0 Å². The van der Waals surface area contributed by atoms with Crippen LogP contribution in [0.1, 0.15) is 54.6 Å². The van der Waals surface area contributed by atoms with E-state index < -0.39 is 0 Å². The van der Waals surface area contributed by atoms with Crippen molar-refractivity contribution in [2.24, 2.45) is 0 Å². The first kappa shape index (κ1) is 18.8. The van der Waals surface area contributed by atoms with Gasteiger partial charge >= 0.3 is 0 Å². The Labute approximate surface area is 174 Å². The highest BCUT2D eigenvalue weighted by molar-refractivity contribution is 6.02. The van der Waals surface area contributed by atoms with Crippen molar-refractivity contribution in [3.05, 3.63) is 53.3 Å². The first-order valence-electron chi connectivity index (χ1n) is 10.3. The maximum absolute atomic E-state index is 9.42. The Morgan fingerprint density at radius 1 is 1.20 bits per heavy atom. The standard InChI is InChI=1S/C23H23N5O2/c1-14-9-16(27-30-14)11-22-26-21-13-25-20-8-3-15(12-24)10-19(20)23(21)28(22)17-4-6-18(29-2)7-5-17/h3,8-10,13,17-18H,4-7,11H2,1-2H3/t17-,18-. The minimum atomic E-state index is 0.320. The summed E-state index contributed by atoms with van der Waals surface area (Å²) in [5.41, 5.74) is 4.26. The van der Waals surface area contributed by atoms with Crippen LogP contribution in [-0.4, -0.2) is 32.9 Å². The normalized spacial score (nSPS) is 19.4. The van der Waals surface area contributed by atoms with Crippen LogP contribution in [-0.2, 0) is 11.2 Å². The van der Waals surface area contributed by atoms with Gasteiger partial charge in [-0.05, 0) is 50.8 Å². The maximum atomic E-state index is 9.42. The first-order valence-corrected chi connectivity index (χ1v) is 10.3. The highest BCUT2D eigenvalue weighted by Crippen LogP contribution is 2.36. The fraction of sp³-hybridized carbons (Fsp3) is 0.391. The number of hydrogen-bond acceptors (Lipinski definition) is 6. The Morgan fingerprint density at radius 3 is 2.73 bits per heavy atom. The van der Waals surface area contributed by atoms with Gasteiger partial charge in [-0.3, -0.25) is 4.98 Å². The molecule has 3 aromatic heterocycles. The zero-order valence-electron chi connectivity index (χ0n) is 17.1. The number of benzene rings is 1. The van der Waals surface area contributed by atoms with Crippen molar-refractivity contribution in [1.29, 1.82) is 5.26 Å². The van der Waals surface area contributed by atoms with Gasteiger partial charge in [0.1, 0.15) is 17.1 Å². The molecule has 1 saturated carbocycles. The Balaban J connectivity index is 1.70. The SMILES string of the molecule is CO[C@H]1CC[C@H](n2c(Cc3cc(C)on3)nc3cnc4ccc(C#N)cc4c32)CC1. The molecule has 0 amide bonds. The highest BCUT2D eigenvalue weighted by atomic mass is 16.5. The molecule has 0 radical (unpaired) electrons. The molecule has 0 unspecified atom stereocenters. The lowest BCUT2D eigenvalue weighted by Gasteiger charge is -2.30. The molecule has 0 saturated heterocycles. The number of imidazole rings is 1. The van der Waals surface area contributed by atoms with Crippen molar-refractivity contribution in [2.75, 3.05) is 7.11 Å². The molecule has 3 heterocycles. The van der Waals surface area contributed by atoms with E-state index in [2.05, 4.69) is 20.8 Å². The second-order valence-corrected chi connectivity index (χ2v) is 8.01. The first-order chi connectivity index (χ1) is 14.7. The monoisotopic (exact) mass is 401 g/mol. The van der Waals surface area contributed by atoms with Crippen LogP contribution in [0.4, 0.5) is 0 Å². The molecule has 1 aromatic carbocycles. The fourth-order valence-corrected chi connectivity index (χ4v) is 4.62. The average Bonchev–Trinajstić information content (AvgIpc) is 3.36. The van der Waals surface area contributed by atoms with E-state index in [1.54, 1.807) is 7.11 Å². The molecule has 1 aliphatic carbocycles. The second kappa shape index (κ2) is 7.54. The molecular weight excluding hydrogens is 378 g/mol. The molecule has 5 rings (SSSR count). The summed E-state index contributed by atoms with van der Waals surface area (Å²) >= 11 is 0. The van der Waals surface area contributed by atoms with E-state index in [0.29, 0.717) is 24.1 Å². The van der Waals surface area contributed by atoms with Crippen LogP contribution in [0.2, 0.25) is 0 Å². The van der Waals surface area contributed by atoms with Crippen LogP contribution >= 0.6 is 0 Å². The predicted molar refractivity (Wildman–Crippen MR) is 112 cm³/mol. The van der Waals surface area contributed by atoms with Crippen molar-refractivity contribution in [2.45, 2.75) is 51.2 Å². The van der Waals surface area contributed by atoms with E-state index >= 15 is 0 Å². The van der Waals surface area contributed by atoms with Gasteiger partial charge in [0.2, 0.25) is 0 Å². The summed E-state index contributed by atoms with van der Waals surface area (Å²) in [6.07, 6.45) is 6.84. The van der Waals surface area contributed by atoms with Crippen LogP contribution in [0, 0.1) is 18.3 Å². The lowest BCUT2D eigenvalue weighted by Crippen LogP contribution is -2.24. The highest BCUT2D eigenvalue weighted by Gasteiger charge is 2.27. The fourth-order valence-electron chi connectivity index (χ4n) is 4.62. The molecule has 4 aromatic rings. The number of aryl methyl sites for hydroxylation is 1. The van der Waals surface area contributed by atoms with Crippen molar-refractivity contribution < 1.29 is 9.26 Å². The van der Waals surface area contributed by atoms with E-state index in [-0.39, 0.29) is 0 Å². The van der Waals surface area contributed by atoms with Gasteiger partial charge in [-0.2, -0.15) is 5.26 Å². The molecule has 1 fully saturated rings. The molecule has 0 aliphatic heterocycles. The van der Waals surface area contributed by atoms with Crippen molar-refractivity contribution in [3.8, 4) is 6.07 Å². The van der Waals surface area contributed by atoms with Crippen LogP contribution in [0.15, 0.2) is 35.0 Å². The summed E-state index contributed by atoms with van der Waals surface area (Å²) in [6, 6.07) is 10.2. The summed E-state index contributed by atoms with van der Waals surface area (Å²) in [7, 11) is 1.79. The van der Waals surface area contributed by atoms with Gasteiger partial charge in [-0.25, -0.2) is 4.98 Å². The molecule has 152 valence electrons. The van der Waals surface area contributed by atoms with Crippen LogP contribution in [0.5, 0.6) is 0 Å². The van der Waals surface area contributed by atoms with E-state index in [1.165, 1.54) is 0 Å². The zero-order chi connectivity index (χ0) is 20.7. The molecule has 0 atom stereocenters. The van der Waals surface area contributed by atoms with Crippen LogP contribution in [0.3, 0.4) is 0 Å². The average molecular weight is 401 g/mol. The minimum absolute atomic E-state index is 0.320. The summed E-state index contributed by atoms with van der Waals surface area (Å²) < 4.78 is 13.2. The third-order valence-corrected chi connectivity index (χ3v) is 6.08. The number of nitriles is 1. The van der Waals surface area contributed by atoms with E-state index in [9.17, 15) is 5.26 Å². The largest absolute Gasteiger partial charge is 0.381 e. The summed E-state index contributed by atoms with van der Waals surface area (Å²) in [5.74, 6) is 1.75. The summed E-state index contributed by atoms with van der Waals surface area (Å²) in [4.78, 5) is 9.52. The smallest absolute Gasteiger partial charge is 0.133 e. The van der Waals surface area contributed by atoms with Gasteiger partial charge in [0, 0.05) is 24.6 Å². The van der Waals surface area contributed by atoms with Crippen molar-refractivity contribution >= 4 is 21.9 Å². The molecular formula is C23H23N5O2. The molecule has 0 N–H and O–H groups in total. The van der Waals surface area contributed by atoms with E-state index in [1.807, 2.05) is 37.4 Å². The lowest BCUT2D eigenvalue weighted by molar-refractivity contribution is 0.0586. The van der Waals surface area contributed by atoms with Gasteiger partial charge < -0.3 is 13.8 Å². The Morgan fingerprint density at radius 2 is 2.03 bits per heavy atom. The second-order valence-electron chi connectivity index (χ2n) is 8.01. The minimum Gasteiger partial charge on any atom is -0.381 e. The van der Waals surface area contributed by atoms with Crippen LogP contribution < -0.4 is 0 Å². The molecule has 1 aliphatic rings. The van der Waals surface area contributed by atoms with Gasteiger partial charge in [-0.1, -0.05) is 5.16 Å². The number of fused-ring (bicyclic) bond motifs is 3. The van der Waals surface area contributed by atoms with Gasteiger partial charge in [0.25, 0.3) is 0 Å². The lowest BCUT2D eigenvalue weighted by atomic mass is 9.92. The molecule has 30 heavy (non-hydrogen) atoms. The van der Waals surface area contributed by atoms with Crippen LogP contribution in [0.25, 0.3) is 21.9 Å². The van der Waals surface area contributed by atoms with Gasteiger partial charge in [-0.15, -0.1) is 0 Å². The number of nitrogens with zero attached hydrogens (tertiary/aromatic N) is 5. The molecule has 7 nitrogen and oxygen atoms in total. The third kappa shape index (κ3) is 3.23. The van der Waals surface area contributed by atoms with Gasteiger partial charge in [0.05, 0.1) is 47.1 Å². The van der Waals surface area contributed by atoms with Crippen molar-refractivity contribution in [3.63, 3.8) is 0 Å². The molecule has 0 bridgehead atoms. The quantitative estimate of drug-likeness (QED) is 0.501. The third-order valence-electron chi connectivity index (χ3n) is 6.08. The zero-order valence-corrected chi connectivity index (χ0v) is 17.1. The summed E-state index contributed by atoms with van der Waals surface area (Å²) in [6.45, 7) is 1.90. The Kier molecular flexibility index (Phi) is 4.72. The van der Waals surface area contributed by atoms with Crippen molar-refractivity contribution in [1.82, 2.24) is 19.7 Å². The number of ether oxygens (including phenoxy) is 1. The Hall–Kier alpha value is -3.24. The number of methoxy groups -OCH3 is 1. The number of rotatable bonds is 4. The predicted octanol–water partition coefficient (Wildman–Crippen LogP) is 4.47. The number of pyridine rings is 1. The summed E-state index contributed by atoms with van der Waals surface area (Å²) in [5, 5.41) is 14.6. The Bertz CT molecular complexity index is 1260. The molecule has 7 heteroatoms. The number of aromatic nitrogens is 4.